The van der Waals surface area contributed by atoms with Gasteiger partial charge in [-0.3, -0.25) is 4.68 Å². The van der Waals surface area contributed by atoms with Crippen molar-refractivity contribution in [3.05, 3.63) is 101 Å². The lowest BCUT2D eigenvalue weighted by atomic mass is 10.2. The van der Waals surface area contributed by atoms with Crippen molar-refractivity contribution in [3.8, 4) is 29.0 Å². The highest BCUT2D eigenvalue weighted by atomic mass is 16.5. The number of methoxy groups -OCH3 is 1. The molecule has 0 radical (unpaired) electrons. The first-order valence-electron chi connectivity index (χ1n) is 11.8. The molecule has 0 spiro atoms. The zero-order valence-electron chi connectivity index (χ0n) is 20.6. The Morgan fingerprint density at radius 3 is 2.57 bits per heavy atom. The Balaban J connectivity index is 1.23. The molecule has 0 bridgehead atoms. The van der Waals surface area contributed by atoms with Crippen LogP contribution in [0.4, 0.5) is 0 Å². The summed E-state index contributed by atoms with van der Waals surface area (Å²) < 4.78 is 30.2. The van der Waals surface area contributed by atoms with Crippen molar-refractivity contribution >= 4 is 0 Å². The SMILES string of the molecule is COc1cc(COc2nn(Cc3ccccc3)cc2CO)ccc1OCc1nc(-c2ccco2)oc1C. The van der Waals surface area contributed by atoms with Crippen LogP contribution >= 0.6 is 0 Å². The fourth-order valence-corrected chi connectivity index (χ4v) is 3.81. The van der Waals surface area contributed by atoms with Crippen molar-refractivity contribution in [2.45, 2.75) is 33.3 Å². The van der Waals surface area contributed by atoms with Gasteiger partial charge in [0, 0.05) is 6.20 Å². The van der Waals surface area contributed by atoms with Crippen LogP contribution in [-0.2, 0) is 26.4 Å². The maximum Gasteiger partial charge on any atom is 0.263 e. The summed E-state index contributed by atoms with van der Waals surface area (Å²) in [7, 11) is 1.58. The lowest BCUT2D eigenvalue weighted by molar-refractivity contribution is 0.253. The van der Waals surface area contributed by atoms with Crippen LogP contribution in [0, 0.1) is 6.92 Å². The van der Waals surface area contributed by atoms with E-state index < -0.39 is 0 Å². The first-order chi connectivity index (χ1) is 18.1. The van der Waals surface area contributed by atoms with Gasteiger partial charge in [0.25, 0.3) is 5.89 Å². The van der Waals surface area contributed by atoms with Gasteiger partial charge in [-0.2, -0.15) is 0 Å². The van der Waals surface area contributed by atoms with Gasteiger partial charge in [-0.15, -0.1) is 5.10 Å². The number of furan rings is 1. The zero-order chi connectivity index (χ0) is 25.6. The second-order valence-corrected chi connectivity index (χ2v) is 8.36. The van der Waals surface area contributed by atoms with Gasteiger partial charge >= 0.3 is 0 Å². The van der Waals surface area contributed by atoms with E-state index in [0.29, 0.717) is 52.6 Å². The molecule has 5 rings (SSSR count). The monoisotopic (exact) mass is 501 g/mol. The summed E-state index contributed by atoms with van der Waals surface area (Å²) in [5.74, 6) is 3.15. The summed E-state index contributed by atoms with van der Waals surface area (Å²) in [6.07, 6.45) is 3.37. The largest absolute Gasteiger partial charge is 0.493 e. The number of rotatable bonds is 11. The van der Waals surface area contributed by atoms with Crippen molar-refractivity contribution in [1.29, 1.82) is 0 Å². The highest BCUT2D eigenvalue weighted by molar-refractivity contribution is 5.45. The lowest BCUT2D eigenvalue weighted by Gasteiger charge is -2.12. The van der Waals surface area contributed by atoms with E-state index in [9.17, 15) is 5.11 Å². The number of ether oxygens (including phenoxy) is 3. The van der Waals surface area contributed by atoms with E-state index in [1.54, 1.807) is 36.4 Å². The fraction of sp³-hybridized carbons (Fsp3) is 0.214. The zero-order valence-corrected chi connectivity index (χ0v) is 20.6. The molecule has 0 fully saturated rings. The molecule has 3 heterocycles. The number of aryl methyl sites for hydroxylation is 1. The van der Waals surface area contributed by atoms with Gasteiger partial charge in [0.15, 0.2) is 17.3 Å². The summed E-state index contributed by atoms with van der Waals surface area (Å²) in [6.45, 7) is 2.72. The Morgan fingerprint density at radius 1 is 0.946 bits per heavy atom. The van der Waals surface area contributed by atoms with Gasteiger partial charge in [-0.1, -0.05) is 36.4 Å². The molecule has 37 heavy (non-hydrogen) atoms. The van der Waals surface area contributed by atoms with E-state index in [0.717, 1.165) is 11.1 Å². The van der Waals surface area contributed by atoms with Gasteiger partial charge in [0.05, 0.1) is 32.1 Å². The topological polar surface area (TPSA) is 105 Å². The fourth-order valence-electron chi connectivity index (χ4n) is 3.81. The molecule has 5 aromatic rings. The van der Waals surface area contributed by atoms with Crippen LogP contribution in [0.3, 0.4) is 0 Å². The van der Waals surface area contributed by atoms with E-state index in [-0.39, 0.29) is 19.8 Å². The molecule has 0 amide bonds. The molecule has 9 heteroatoms. The number of aliphatic hydroxyl groups is 1. The minimum Gasteiger partial charge on any atom is -0.493 e. The second kappa shape index (κ2) is 11.0. The molecule has 2 aromatic carbocycles. The van der Waals surface area contributed by atoms with Crippen molar-refractivity contribution in [1.82, 2.24) is 14.8 Å². The van der Waals surface area contributed by atoms with E-state index in [1.165, 1.54) is 0 Å². The Morgan fingerprint density at radius 2 is 1.81 bits per heavy atom. The first kappa shape index (κ1) is 24.2. The molecular weight excluding hydrogens is 474 g/mol. The Hall–Kier alpha value is -4.50. The van der Waals surface area contributed by atoms with Gasteiger partial charge < -0.3 is 28.2 Å². The normalized spacial score (nSPS) is 11.0. The third-order valence-corrected chi connectivity index (χ3v) is 5.75. The summed E-state index contributed by atoms with van der Waals surface area (Å²) in [5, 5.41) is 14.3. The maximum absolute atomic E-state index is 9.75. The predicted octanol–water partition coefficient (Wildman–Crippen LogP) is 5.15. The number of aromatic nitrogens is 3. The minimum atomic E-state index is -0.163. The molecule has 190 valence electrons. The maximum atomic E-state index is 9.75. The molecule has 0 aliphatic heterocycles. The minimum absolute atomic E-state index is 0.163. The van der Waals surface area contributed by atoms with Crippen LogP contribution in [0.15, 0.2) is 82.0 Å². The average Bonchev–Trinajstić information content (AvgIpc) is 3.67. The number of hydrogen-bond acceptors (Lipinski definition) is 8. The molecule has 9 nitrogen and oxygen atoms in total. The van der Waals surface area contributed by atoms with E-state index in [2.05, 4.69) is 10.1 Å². The van der Waals surface area contributed by atoms with Crippen LogP contribution < -0.4 is 14.2 Å². The van der Waals surface area contributed by atoms with E-state index >= 15 is 0 Å². The molecular formula is C28H27N3O6. The summed E-state index contributed by atoms with van der Waals surface area (Å²) in [5.41, 5.74) is 3.27. The predicted molar refractivity (Wildman–Crippen MR) is 134 cm³/mol. The Kier molecular flexibility index (Phi) is 7.23. The van der Waals surface area contributed by atoms with Gasteiger partial charge in [-0.25, -0.2) is 4.98 Å². The number of hydrogen-bond donors (Lipinski definition) is 1. The van der Waals surface area contributed by atoms with Gasteiger partial charge in [0.2, 0.25) is 5.88 Å². The molecule has 0 unspecified atom stereocenters. The molecule has 0 aliphatic rings. The molecule has 1 N–H and O–H groups in total. The van der Waals surface area contributed by atoms with Crippen LogP contribution in [-0.4, -0.2) is 27.0 Å². The third-order valence-electron chi connectivity index (χ3n) is 5.75. The number of nitrogens with zero attached hydrogens (tertiary/aromatic N) is 3. The van der Waals surface area contributed by atoms with Crippen molar-refractivity contribution in [2.75, 3.05) is 7.11 Å². The van der Waals surface area contributed by atoms with Crippen molar-refractivity contribution in [2.24, 2.45) is 0 Å². The third kappa shape index (κ3) is 5.68. The van der Waals surface area contributed by atoms with Crippen molar-refractivity contribution < 1.29 is 28.2 Å². The first-order valence-corrected chi connectivity index (χ1v) is 11.8. The van der Waals surface area contributed by atoms with Gasteiger partial charge in [-0.05, 0) is 42.3 Å². The van der Waals surface area contributed by atoms with E-state index in [1.807, 2.05) is 55.5 Å². The van der Waals surface area contributed by atoms with Crippen LogP contribution in [0.1, 0.15) is 28.1 Å². The molecule has 0 saturated carbocycles. The summed E-state index contributed by atoms with van der Waals surface area (Å²) in [4.78, 5) is 4.47. The smallest absolute Gasteiger partial charge is 0.263 e. The highest BCUT2D eigenvalue weighted by Gasteiger charge is 2.16. The lowest BCUT2D eigenvalue weighted by Crippen LogP contribution is -2.03. The van der Waals surface area contributed by atoms with E-state index in [4.69, 9.17) is 23.0 Å². The molecule has 0 atom stereocenters. The number of oxazole rings is 1. The average molecular weight is 502 g/mol. The standard InChI is InChI=1S/C28H27N3O6/c1-19-23(29-28(37-19)25-9-6-12-34-25)18-35-24-11-10-21(13-26(24)33-2)17-36-27-22(16-32)15-31(30-27)14-20-7-4-3-5-8-20/h3-13,15,32H,14,16-18H2,1-2H3. The Labute approximate surface area is 213 Å². The Bertz CT molecular complexity index is 1440. The number of aliphatic hydroxyl groups excluding tert-OH is 1. The van der Waals surface area contributed by atoms with Crippen LogP contribution in [0.5, 0.6) is 17.4 Å². The summed E-state index contributed by atoms with van der Waals surface area (Å²) >= 11 is 0. The van der Waals surface area contributed by atoms with Crippen LogP contribution in [0.2, 0.25) is 0 Å². The highest BCUT2D eigenvalue weighted by Crippen LogP contribution is 2.30. The number of benzene rings is 2. The second-order valence-electron chi connectivity index (χ2n) is 8.36. The molecule has 3 aromatic heterocycles. The quantitative estimate of drug-likeness (QED) is 0.265. The van der Waals surface area contributed by atoms with Gasteiger partial charge in [0.1, 0.15) is 24.7 Å². The molecule has 0 saturated heterocycles. The summed E-state index contributed by atoms with van der Waals surface area (Å²) in [6, 6.07) is 19.1. The molecule has 0 aliphatic carbocycles. The van der Waals surface area contributed by atoms with Crippen LogP contribution in [0.25, 0.3) is 11.7 Å². The van der Waals surface area contributed by atoms with Crippen molar-refractivity contribution in [3.63, 3.8) is 0 Å².